The van der Waals surface area contributed by atoms with Crippen LogP contribution in [0.1, 0.15) is 48.9 Å². The molecule has 1 aliphatic heterocycles. The van der Waals surface area contributed by atoms with Crippen molar-refractivity contribution in [2.75, 3.05) is 19.3 Å². The highest BCUT2D eigenvalue weighted by Crippen LogP contribution is 2.24. The first-order valence-corrected chi connectivity index (χ1v) is 10.4. The first-order chi connectivity index (χ1) is 11.2. The maximum Gasteiger partial charge on any atom is 0.224 e. The molecule has 5 nitrogen and oxygen atoms in total. The molecule has 0 unspecified atom stereocenters. The lowest BCUT2D eigenvalue weighted by Crippen LogP contribution is -2.45. The quantitative estimate of drug-likeness (QED) is 0.885. The Morgan fingerprint density at radius 3 is 2.67 bits per heavy atom. The summed E-state index contributed by atoms with van der Waals surface area (Å²) in [5, 5.41) is 3.12. The summed E-state index contributed by atoms with van der Waals surface area (Å²) in [6.45, 7) is 6.96. The summed E-state index contributed by atoms with van der Waals surface area (Å²) in [7, 11) is -3.24. The molecule has 0 aromatic heterocycles. The molecule has 0 saturated carbocycles. The molecular formula is C18H28N2O3S. The van der Waals surface area contributed by atoms with E-state index in [1.54, 1.807) is 0 Å². The average molecular weight is 353 g/mol. The third-order valence-electron chi connectivity index (χ3n) is 4.75. The van der Waals surface area contributed by atoms with Crippen LogP contribution >= 0.6 is 0 Å². The SMILES string of the molecule is CC[C@H](NC(=O)[C@@H]1CCCN(S(C)(=O)=O)C1)c1ccc(C)cc1C. The van der Waals surface area contributed by atoms with Gasteiger partial charge >= 0.3 is 0 Å². The molecule has 2 atom stereocenters. The Kier molecular flexibility index (Phi) is 6.04. The zero-order valence-corrected chi connectivity index (χ0v) is 15.8. The molecule has 1 aromatic rings. The third kappa shape index (κ3) is 4.57. The van der Waals surface area contributed by atoms with Gasteiger partial charge in [-0.05, 0) is 44.2 Å². The number of amides is 1. The topological polar surface area (TPSA) is 66.5 Å². The molecule has 1 aromatic carbocycles. The third-order valence-corrected chi connectivity index (χ3v) is 6.02. The number of piperidine rings is 1. The predicted molar refractivity (Wildman–Crippen MR) is 96.2 cm³/mol. The first kappa shape index (κ1) is 18.9. The van der Waals surface area contributed by atoms with Crippen molar-refractivity contribution >= 4 is 15.9 Å². The highest BCUT2D eigenvalue weighted by Gasteiger charge is 2.31. The first-order valence-electron chi connectivity index (χ1n) is 8.55. The van der Waals surface area contributed by atoms with Crippen LogP contribution in [0.2, 0.25) is 0 Å². The molecule has 0 radical (unpaired) electrons. The molecule has 2 rings (SSSR count). The van der Waals surface area contributed by atoms with Gasteiger partial charge in [0.05, 0.1) is 18.2 Å². The molecule has 0 spiro atoms. The average Bonchev–Trinajstić information content (AvgIpc) is 2.52. The molecule has 1 N–H and O–H groups in total. The van der Waals surface area contributed by atoms with Crippen molar-refractivity contribution in [2.45, 2.75) is 46.1 Å². The summed E-state index contributed by atoms with van der Waals surface area (Å²) in [6.07, 6.45) is 3.47. The van der Waals surface area contributed by atoms with E-state index < -0.39 is 10.0 Å². The molecule has 1 heterocycles. The fraction of sp³-hybridized carbons (Fsp3) is 0.611. The molecule has 0 aliphatic carbocycles. The Morgan fingerprint density at radius 1 is 1.38 bits per heavy atom. The molecule has 1 amide bonds. The zero-order valence-electron chi connectivity index (χ0n) is 15.0. The van der Waals surface area contributed by atoms with E-state index in [1.165, 1.54) is 21.7 Å². The Morgan fingerprint density at radius 2 is 2.08 bits per heavy atom. The van der Waals surface area contributed by atoms with Crippen LogP contribution in [0.5, 0.6) is 0 Å². The standard InChI is InChI=1S/C18H28N2O3S/c1-5-17(16-9-8-13(2)11-14(16)3)19-18(21)15-7-6-10-20(12-15)24(4,22)23/h8-9,11,15,17H,5-7,10,12H2,1-4H3,(H,19,21)/t15-,17+/m1/s1. The maximum absolute atomic E-state index is 12.7. The van der Waals surface area contributed by atoms with E-state index in [1.807, 2.05) is 6.92 Å². The van der Waals surface area contributed by atoms with Gasteiger partial charge in [0, 0.05) is 13.1 Å². The molecule has 0 bridgehead atoms. The van der Waals surface area contributed by atoms with Gasteiger partial charge in [-0.2, -0.15) is 0 Å². The smallest absolute Gasteiger partial charge is 0.224 e. The van der Waals surface area contributed by atoms with Crippen LogP contribution in [0, 0.1) is 19.8 Å². The summed E-state index contributed by atoms with van der Waals surface area (Å²) >= 11 is 0. The van der Waals surface area contributed by atoms with E-state index in [9.17, 15) is 13.2 Å². The van der Waals surface area contributed by atoms with E-state index in [0.29, 0.717) is 6.54 Å². The van der Waals surface area contributed by atoms with Crippen molar-refractivity contribution in [1.29, 1.82) is 0 Å². The molecule has 6 heteroatoms. The number of nitrogens with zero attached hydrogens (tertiary/aromatic N) is 1. The number of carbonyl (C=O) groups excluding carboxylic acids is 1. The Hall–Kier alpha value is -1.40. The molecular weight excluding hydrogens is 324 g/mol. The Balaban J connectivity index is 2.09. The second-order valence-electron chi connectivity index (χ2n) is 6.79. The minimum atomic E-state index is -3.24. The highest BCUT2D eigenvalue weighted by atomic mass is 32.2. The number of benzene rings is 1. The summed E-state index contributed by atoms with van der Waals surface area (Å²) in [6, 6.07) is 6.22. The maximum atomic E-state index is 12.7. The van der Waals surface area contributed by atoms with Gasteiger partial charge < -0.3 is 5.32 Å². The predicted octanol–water partition coefficient (Wildman–Crippen LogP) is 2.54. The van der Waals surface area contributed by atoms with Crippen LogP contribution < -0.4 is 5.32 Å². The van der Waals surface area contributed by atoms with Crippen LogP contribution in [0.15, 0.2) is 18.2 Å². The van der Waals surface area contributed by atoms with Gasteiger partial charge in [-0.15, -0.1) is 0 Å². The minimum absolute atomic E-state index is 0.0355. The summed E-state index contributed by atoms with van der Waals surface area (Å²) in [5.74, 6) is -0.316. The fourth-order valence-corrected chi connectivity index (χ4v) is 4.28. The summed E-state index contributed by atoms with van der Waals surface area (Å²) in [4.78, 5) is 12.7. The summed E-state index contributed by atoms with van der Waals surface area (Å²) in [5.41, 5.74) is 3.50. The van der Waals surface area contributed by atoms with Crippen LogP contribution in [0.25, 0.3) is 0 Å². The van der Waals surface area contributed by atoms with Gasteiger partial charge in [-0.1, -0.05) is 30.7 Å². The largest absolute Gasteiger partial charge is 0.349 e. The minimum Gasteiger partial charge on any atom is -0.349 e. The second kappa shape index (κ2) is 7.66. The number of hydrogen-bond acceptors (Lipinski definition) is 3. The van der Waals surface area contributed by atoms with E-state index in [-0.39, 0.29) is 24.4 Å². The fourth-order valence-electron chi connectivity index (χ4n) is 3.36. The van der Waals surface area contributed by atoms with E-state index >= 15 is 0 Å². The van der Waals surface area contributed by atoms with Crippen LogP contribution in [-0.2, 0) is 14.8 Å². The lowest BCUT2D eigenvalue weighted by molar-refractivity contribution is -0.126. The van der Waals surface area contributed by atoms with Crippen molar-refractivity contribution in [2.24, 2.45) is 5.92 Å². The van der Waals surface area contributed by atoms with E-state index in [4.69, 9.17) is 0 Å². The number of rotatable bonds is 5. The van der Waals surface area contributed by atoms with Crippen LogP contribution in [0.4, 0.5) is 0 Å². The lowest BCUT2D eigenvalue weighted by Gasteiger charge is -2.31. The highest BCUT2D eigenvalue weighted by molar-refractivity contribution is 7.88. The van der Waals surface area contributed by atoms with Gasteiger partial charge in [0.1, 0.15) is 0 Å². The molecule has 24 heavy (non-hydrogen) atoms. The Bertz CT molecular complexity index is 700. The van der Waals surface area contributed by atoms with Gasteiger partial charge in [-0.25, -0.2) is 12.7 Å². The number of aryl methyl sites for hydroxylation is 2. The zero-order chi connectivity index (χ0) is 17.9. The van der Waals surface area contributed by atoms with Gasteiger partial charge in [0.25, 0.3) is 0 Å². The number of nitrogens with one attached hydrogen (secondary N) is 1. The number of carbonyl (C=O) groups is 1. The van der Waals surface area contributed by atoms with Crippen molar-refractivity contribution in [1.82, 2.24) is 9.62 Å². The van der Waals surface area contributed by atoms with Gasteiger partial charge in [-0.3, -0.25) is 4.79 Å². The summed E-state index contributed by atoms with van der Waals surface area (Å²) < 4.78 is 24.9. The van der Waals surface area contributed by atoms with E-state index in [2.05, 4.69) is 37.4 Å². The second-order valence-corrected chi connectivity index (χ2v) is 8.77. The monoisotopic (exact) mass is 352 g/mol. The van der Waals surface area contributed by atoms with E-state index in [0.717, 1.165) is 24.8 Å². The number of sulfonamides is 1. The van der Waals surface area contributed by atoms with Crippen LogP contribution in [-0.4, -0.2) is 38.0 Å². The number of hydrogen-bond donors (Lipinski definition) is 1. The van der Waals surface area contributed by atoms with Gasteiger partial charge in [0.2, 0.25) is 15.9 Å². The van der Waals surface area contributed by atoms with Crippen molar-refractivity contribution in [3.63, 3.8) is 0 Å². The van der Waals surface area contributed by atoms with Crippen molar-refractivity contribution < 1.29 is 13.2 Å². The lowest BCUT2D eigenvalue weighted by atomic mass is 9.95. The Labute approximate surface area is 145 Å². The molecule has 1 aliphatic rings. The molecule has 134 valence electrons. The van der Waals surface area contributed by atoms with Crippen molar-refractivity contribution in [3.05, 3.63) is 34.9 Å². The van der Waals surface area contributed by atoms with Crippen LogP contribution in [0.3, 0.4) is 0 Å². The molecule has 1 saturated heterocycles. The molecule has 1 fully saturated rings. The van der Waals surface area contributed by atoms with Crippen molar-refractivity contribution in [3.8, 4) is 0 Å². The van der Waals surface area contributed by atoms with Gasteiger partial charge in [0.15, 0.2) is 0 Å². The normalized spacial score (nSPS) is 20.6.